The maximum absolute atomic E-state index is 9.97. The molecule has 3 nitrogen and oxygen atoms in total. The maximum Gasteiger partial charge on any atom is 0.216 e. The zero-order valence-corrected chi connectivity index (χ0v) is 21.5. The monoisotopic (exact) mass is 471 g/mol. The van der Waals surface area contributed by atoms with E-state index in [2.05, 4.69) is 68.8 Å². The van der Waals surface area contributed by atoms with E-state index in [-0.39, 0.29) is 0 Å². The number of nitrogens with zero attached hydrogens (tertiary/aromatic N) is 2. The number of fused-ring (bicyclic) bond motifs is 3. The minimum atomic E-state index is 0.645. The van der Waals surface area contributed by atoms with Crippen molar-refractivity contribution in [2.75, 3.05) is 0 Å². The first-order valence-electron chi connectivity index (χ1n) is 12.9. The molecule has 3 aromatic carbocycles. The highest BCUT2D eigenvalue weighted by atomic mass is 16.3. The second-order valence-electron chi connectivity index (χ2n) is 10.3. The minimum absolute atomic E-state index is 0.645. The molecule has 0 atom stereocenters. The molecule has 2 aromatic heterocycles. The third-order valence-corrected chi connectivity index (χ3v) is 8.25. The van der Waals surface area contributed by atoms with E-state index in [1.807, 2.05) is 30.3 Å². The van der Waals surface area contributed by atoms with E-state index in [9.17, 15) is 5.26 Å². The molecule has 0 saturated heterocycles. The second-order valence-corrected chi connectivity index (χ2v) is 10.3. The Hall–Kier alpha value is -3.90. The van der Waals surface area contributed by atoms with Gasteiger partial charge in [-0.3, -0.25) is 0 Å². The molecule has 36 heavy (non-hydrogen) atoms. The minimum Gasteiger partial charge on any atom is -0.454 e. The predicted octanol–water partition coefficient (Wildman–Crippen LogP) is 8.20. The third-order valence-electron chi connectivity index (χ3n) is 8.25. The Balaban J connectivity index is 1.67. The largest absolute Gasteiger partial charge is 0.454 e. The highest BCUT2D eigenvalue weighted by molar-refractivity contribution is 6.15. The van der Waals surface area contributed by atoms with E-state index in [0.29, 0.717) is 11.5 Å². The van der Waals surface area contributed by atoms with E-state index in [4.69, 9.17) is 4.42 Å². The van der Waals surface area contributed by atoms with Gasteiger partial charge in [-0.2, -0.15) is 9.83 Å². The van der Waals surface area contributed by atoms with Gasteiger partial charge in [-0.05, 0) is 61.4 Å². The molecule has 0 radical (unpaired) electrons. The summed E-state index contributed by atoms with van der Waals surface area (Å²) in [7, 11) is 2.18. The van der Waals surface area contributed by atoms with Crippen LogP contribution in [0.15, 0.2) is 65.1 Å². The van der Waals surface area contributed by atoms with Crippen molar-refractivity contribution in [2.45, 2.75) is 52.4 Å². The molecule has 178 valence electrons. The van der Waals surface area contributed by atoms with Crippen molar-refractivity contribution in [3.05, 3.63) is 88.6 Å². The Morgan fingerprint density at radius 2 is 1.64 bits per heavy atom. The van der Waals surface area contributed by atoms with Crippen LogP contribution in [-0.4, -0.2) is 0 Å². The fourth-order valence-electron chi connectivity index (χ4n) is 6.40. The number of furan rings is 1. The fraction of sp³-hybridized carbons (Fsp3) is 0.273. The molecule has 0 aliphatic heterocycles. The van der Waals surface area contributed by atoms with Gasteiger partial charge in [0.1, 0.15) is 18.2 Å². The SMILES string of the molecule is Cc1cc(-c2c(C)ccc3c2oc2c(-c4ccccc4)ccc(C#N)c23)[n+](C)c(C)c1C1CCCC1. The number of hydrogen-bond donors (Lipinski definition) is 0. The molecule has 1 fully saturated rings. The van der Waals surface area contributed by atoms with Gasteiger partial charge in [-0.1, -0.05) is 55.3 Å². The Labute approximate surface area is 212 Å². The van der Waals surface area contributed by atoms with Crippen LogP contribution in [0.2, 0.25) is 0 Å². The lowest BCUT2D eigenvalue weighted by atomic mass is 9.90. The second kappa shape index (κ2) is 8.64. The summed E-state index contributed by atoms with van der Waals surface area (Å²) < 4.78 is 9.09. The summed E-state index contributed by atoms with van der Waals surface area (Å²) in [5, 5.41) is 11.9. The molecule has 3 heteroatoms. The van der Waals surface area contributed by atoms with E-state index in [1.165, 1.54) is 48.1 Å². The number of aryl methyl sites for hydroxylation is 2. The predicted molar refractivity (Wildman–Crippen MR) is 146 cm³/mol. The molecule has 0 unspecified atom stereocenters. The summed E-state index contributed by atoms with van der Waals surface area (Å²) in [6.45, 7) is 6.68. The lowest BCUT2D eigenvalue weighted by Gasteiger charge is -2.17. The molecule has 5 aromatic rings. The van der Waals surface area contributed by atoms with Crippen LogP contribution in [0.25, 0.3) is 44.3 Å². The van der Waals surface area contributed by atoms with Gasteiger partial charge >= 0.3 is 0 Å². The van der Waals surface area contributed by atoms with E-state index in [1.54, 1.807) is 0 Å². The van der Waals surface area contributed by atoms with Crippen LogP contribution in [0.4, 0.5) is 0 Å². The van der Waals surface area contributed by atoms with Crippen molar-refractivity contribution in [1.29, 1.82) is 5.26 Å². The van der Waals surface area contributed by atoms with Gasteiger partial charge in [-0.15, -0.1) is 0 Å². The van der Waals surface area contributed by atoms with Crippen LogP contribution in [0.5, 0.6) is 0 Å². The van der Waals surface area contributed by atoms with Crippen LogP contribution in [0.1, 0.15) is 59.5 Å². The van der Waals surface area contributed by atoms with Crippen LogP contribution in [0, 0.1) is 32.1 Å². The van der Waals surface area contributed by atoms with Crippen LogP contribution in [-0.2, 0) is 7.05 Å². The molecule has 1 aliphatic carbocycles. The topological polar surface area (TPSA) is 40.8 Å². The number of hydrogen-bond acceptors (Lipinski definition) is 2. The van der Waals surface area contributed by atoms with E-state index < -0.39 is 0 Å². The molecule has 1 saturated carbocycles. The van der Waals surface area contributed by atoms with Crippen molar-refractivity contribution in [3.8, 4) is 28.5 Å². The molecule has 0 amide bonds. The third kappa shape index (κ3) is 3.36. The highest BCUT2D eigenvalue weighted by Crippen LogP contribution is 2.43. The lowest BCUT2D eigenvalue weighted by Crippen LogP contribution is -2.37. The van der Waals surface area contributed by atoms with Gasteiger partial charge < -0.3 is 4.42 Å². The first-order chi connectivity index (χ1) is 17.5. The van der Waals surface area contributed by atoms with Crippen LogP contribution in [0.3, 0.4) is 0 Å². The van der Waals surface area contributed by atoms with Gasteiger partial charge in [0.25, 0.3) is 0 Å². The van der Waals surface area contributed by atoms with Gasteiger partial charge in [-0.25, -0.2) is 0 Å². The lowest BCUT2D eigenvalue weighted by molar-refractivity contribution is -0.667. The van der Waals surface area contributed by atoms with Gasteiger partial charge in [0, 0.05) is 34.9 Å². The zero-order valence-electron chi connectivity index (χ0n) is 21.5. The molecule has 0 spiro atoms. The van der Waals surface area contributed by atoms with Crippen molar-refractivity contribution in [3.63, 3.8) is 0 Å². The first-order valence-corrected chi connectivity index (χ1v) is 12.9. The van der Waals surface area contributed by atoms with Gasteiger partial charge in [0.15, 0.2) is 5.69 Å². The maximum atomic E-state index is 9.97. The molecular formula is C33H31N2O+. The summed E-state index contributed by atoms with van der Waals surface area (Å²) in [6, 6.07) is 23.2. The summed E-state index contributed by atoms with van der Waals surface area (Å²) in [5.74, 6) is 0.667. The molecule has 1 aliphatic rings. The number of pyridine rings is 1. The van der Waals surface area contributed by atoms with E-state index >= 15 is 0 Å². The number of aromatic nitrogens is 1. The molecule has 0 N–H and O–H groups in total. The Morgan fingerprint density at radius 3 is 2.36 bits per heavy atom. The number of nitriles is 1. The molecule has 6 rings (SSSR count). The Bertz CT molecular complexity index is 1680. The van der Waals surface area contributed by atoms with Crippen LogP contribution >= 0.6 is 0 Å². The summed E-state index contributed by atoms with van der Waals surface area (Å²) in [4.78, 5) is 0. The first kappa shape index (κ1) is 22.6. The molecular weight excluding hydrogens is 440 g/mol. The Kier molecular flexibility index (Phi) is 5.41. The normalized spacial score (nSPS) is 14.1. The highest BCUT2D eigenvalue weighted by Gasteiger charge is 2.29. The van der Waals surface area contributed by atoms with Gasteiger partial charge in [0.05, 0.1) is 17.2 Å². The quantitative estimate of drug-likeness (QED) is 0.249. The van der Waals surface area contributed by atoms with Crippen molar-refractivity contribution < 1.29 is 8.98 Å². The average molecular weight is 472 g/mol. The standard InChI is InChI=1S/C33H31N2O/c1-20-14-16-27-31-25(19-34)15-17-26(23-10-6-5-7-11-23)32(31)36-33(27)30(20)28-18-21(2)29(22(3)35(28)4)24-12-8-9-13-24/h5-7,10-11,14-18,24H,8-9,12-13H2,1-4H3/q+1. The van der Waals surface area contributed by atoms with E-state index in [0.717, 1.165) is 44.3 Å². The van der Waals surface area contributed by atoms with Crippen molar-refractivity contribution in [2.24, 2.45) is 7.05 Å². The fourth-order valence-corrected chi connectivity index (χ4v) is 6.40. The summed E-state index contributed by atoms with van der Waals surface area (Å²) in [6.07, 6.45) is 5.24. The summed E-state index contributed by atoms with van der Waals surface area (Å²) in [5.41, 5.74) is 12.0. The molecule has 2 heterocycles. The summed E-state index contributed by atoms with van der Waals surface area (Å²) >= 11 is 0. The van der Waals surface area contributed by atoms with Crippen LogP contribution < -0.4 is 4.57 Å². The number of benzene rings is 3. The van der Waals surface area contributed by atoms with Crippen molar-refractivity contribution >= 4 is 21.9 Å². The van der Waals surface area contributed by atoms with Crippen molar-refractivity contribution in [1.82, 2.24) is 0 Å². The number of rotatable bonds is 3. The Morgan fingerprint density at radius 1 is 0.889 bits per heavy atom. The average Bonchev–Trinajstić information content (AvgIpc) is 3.55. The van der Waals surface area contributed by atoms with Gasteiger partial charge in [0.2, 0.25) is 5.69 Å². The molecule has 0 bridgehead atoms. The zero-order chi connectivity index (χ0) is 25.0. The smallest absolute Gasteiger partial charge is 0.216 e.